The number of rotatable bonds is 2. The summed E-state index contributed by atoms with van der Waals surface area (Å²) in [6.07, 6.45) is 5.34. The summed E-state index contributed by atoms with van der Waals surface area (Å²) in [6, 6.07) is 8.67. The highest BCUT2D eigenvalue weighted by Crippen LogP contribution is 2.48. The van der Waals surface area contributed by atoms with Gasteiger partial charge < -0.3 is 10.6 Å². The molecule has 1 heterocycles. The van der Waals surface area contributed by atoms with Gasteiger partial charge in [0.05, 0.1) is 0 Å². The lowest BCUT2D eigenvalue weighted by molar-refractivity contribution is 0.0719. The summed E-state index contributed by atoms with van der Waals surface area (Å²) in [7, 11) is 0. The Morgan fingerprint density at radius 1 is 1.24 bits per heavy atom. The summed E-state index contributed by atoms with van der Waals surface area (Å²) in [4.78, 5) is 0. The molecule has 3 heteroatoms. The Morgan fingerprint density at radius 2 is 2.00 bits per heavy atom. The van der Waals surface area contributed by atoms with E-state index in [2.05, 4.69) is 16.7 Å². The first kappa shape index (κ1) is 11.4. The van der Waals surface area contributed by atoms with Crippen LogP contribution < -0.4 is 10.6 Å². The molecule has 1 aromatic rings. The van der Waals surface area contributed by atoms with Crippen LogP contribution in [0.3, 0.4) is 0 Å². The van der Waals surface area contributed by atoms with Crippen molar-refractivity contribution in [3.63, 3.8) is 0 Å². The maximum absolute atomic E-state index is 5.98. The molecule has 0 bridgehead atoms. The van der Waals surface area contributed by atoms with Gasteiger partial charge in [0.1, 0.15) is 0 Å². The molecule has 2 N–H and O–H groups in total. The number of piperidine rings is 1. The van der Waals surface area contributed by atoms with Crippen LogP contribution in [0.15, 0.2) is 24.3 Å². The summed E-state index contributed by atoms with van der Waals surface area (Å²) in [5.74, 6) is 0. The van der Waals surface area contributed by atoms with E-state index in [0.29, 0.717) is 11.5 Å². The van der Waals surface area contributed by atoms with Gasteiger partial charge in [-0.05, 0) is 62.4 Å². The Balaban J connectivity index is 1.55. The van der Waals surface area contributed by atoms with Gasteiger partial charge in [0.25, 0.3) is 0 Å². The van der Waals surface area contributed by atoms with Crippen LogP contribution in [0.2, 0.25) is 5.02 Å². The van der Waals surface area contributed by atoms with Gasteiger partial charge in [-0.1, -0.05) is 17.7 Å². The van der Waals surface area contributed by atoms with E-state index in [4.69, 9.17) is 11.6 Å². The third kappa shape index (κ3) is 2.43. The Morgan fingerprint density at radius 3 is 2.71 bits per heavy atom. The molecule has 0 atom stereocenters. The van der Waals surface area contributed by atoms with E-state index in [-0.39, 0.29) is 0 Å². The molecule has 1 saturated heterocycles. The minimum Gasteiger partial charge on any atom is -0.382 e. The maximum atomic E-state index is 5.98. The van der Waals surface area contributed by atoms with Crippen molar-refractivity contribution < 1.29 is 0 Å². The van der Waals surface area contributed by atoms with Crippen molar-refractivity contribution >= 4 is 17.3 Å². The number of hydrogen-bond donors (Lipinski definition) is 2. The summed E-state index contributed by atoms with van der Waals surface area (Å²) < 4.78 is 0. The second-order valence-electron chi connectivity index (χ2n) is 5.51. The van der Waals surface area contributed by atoms with Crippen molar-refractivity contribution in [1.29, 1.82) is 0 Å². The normalized spacial score (nSPS) is 23.4. The van der Waals surface area contributed by atoms with Crippen molar-refractivity contribution in [1.82, 2.24) is 5.32 Å². The Bertz CT molecular complexity index is 391. The van der Waals surface area contributed by atoms with E-state index in [9.17, 15) is 0 Å². The standard InChI is InChI=1S/C14H19ClN2/c15-11-2-1-3-12(8-11)17-13-9-14(10-13)4-6-16-7-5-14/h1-3,8,13,16-17H,4-7,9-10H2. The lowest BCUT2D eigenvalue weighted by atomic mass is 9.60. The van der Waals surface area contributed by atoms with Gasteiger partial charge in [-0.3, -0.25) is 0 Å². The average molecular weight is 251 g/mol. The molecule has 3 rings (SSSR count). The van der Waals surface area contributed by atoms with Gasteiger partial charge in [0.15, 0.2) is 0 Å². The van der Waals surface area contributed by atoms with Crippen molar-refractivity contribution in [2.75, 3.05) is 18.4 Å². The van der Waals surface area contributed by atoms with E-state index in [1.807, 2.05) is 18.2 Å². The Labute approximate surface area is 108 Å². The number of hydrogen-bond acceptors (Lipinski definition) is 2. The zero-order valence-corrected chi connectivity index (χ0v) is 10.8. The molecule has 1 aliphatic carbocycles. The fraction of sp³-hybridized carbons (Fsp3) is 0.571. The first-order valence-electron chi connectivity index (χ1n) is 6.49. The molecule has 92 valence electrons. The predicted octanol–water partition coefficient (Wildman–Crippen LogP) is 3.28. The van der Waals surface area contributed by atoms with Gasteiger partial charge >= 0.3 is 0 Å². The fourth-order valence-electron chi connectivity index (χ4n) is 3.27. The lowest BCUT2D eigenvalue weighted by Gasteiger charge is -2.50. The molecule has 2 fully saturated rings. The molecule has 2 nitrogen and oxygen atoms in total. The second-order valence-corrected chi connectivity index (χ2v) is 5.95. The quantitative estimate of drug-likeness (QED) is 0.842. The van der Waals surface area contributed by atoms with Gasteiger partial charge in [-0.2, -0.15) is 0 Å². The number of benzene rings is 1. The molecule has 1 aromatic carbocycles. The highest BCUT2D eigenvalue weighted by atomic mass is 35.5. The smallest absolute Gasteiger partial charge is 0.0426 e. The van der Waals surface area contributed by atoms with Gasteiger partial charge in [0, 0.05) is 16.8 Å². The van der Waals surface area contributed by atoms with Crippen molar-refractivity contribution in [3.8, 4) is 0 Å². The largest absolute Gasteiger partial charge is 0.382 e. The topological polar surface area (TPSA) is 24.1 Å². The van der Waals surface area contributed by atoms with Crippen LogP contribution in [-0.4, -0.2) is 19.1 Å². The van der Waals surface area contributed by atoms with E-state index in [0.717, 1.165) is 10.7 Å². The third-order valence-corrected chi connectivity index (χ3v) is 4.45. The molecule has 17 heavy (non-hydrogen) atoms. The Kier molecular flexibility index (Phi) is 3.01. The minimum absolute atomic E-state index is 0.640. The highest BCUT2D eigenvalue weighted by Gasteiger charge is 2.44. The minimum atomic E-state index is 0.640. The molecule has 0 unspecified atom stereocenters. The van der Waals surface area contributed by atoms with E-state index < -0.39 is 0 Å². The summed E-state index contributed by atoms with van der Waals surface area (Å²) in [6.45, 7) is 2.40. The predicted molar refractivity (Wildman–Crippen MR) is 72.6 cm³/mol. The van der Waals surface area contributed by atoms with E-state index in [1.165, 1.54) is 38.8 Å². The number of anilines is 1. The highest BCUT2D eigenvalue weighted by molar-refractivity contribution is 6.30. The SMILES string of the molecule is Clc1cccc(NC2CC3(CCNCC3)C2)c1. The first-order chi connectivity index (χ1) is 8.26. The second kappa shape index (κ2) is 4.51. The third-order valence-electron chi connectivity index (χ3n) is 4.22. The van der Waals surface area contributed by atoms with Crippen LogP contribution in [0.5, 0.6) is 0 Å². The zero-order chi connectivity index (χ0) is 11.7. The monoisotopic (exact) mass is 250 g/mol. The maximum Gasteiger partial charge on any atom is 0.0426 e. The summed E-state index contributed by atoms with van der Waals surface area (Å²) in [5.41, 5.74) is 1.80. The van der Waals surface area contributed by atoms with Crippen LogP contribution in [0.4, 0.5) is 5.69 Å². The van der Waals surface area contributed by atoms with E-state index >= 15 is 0 Å². The van der Waals surface area contributed by atoms with Crippen molar-refractivity contribution in [2.24, 2.45) is 5.41 Å². The fourth-order valence-corrected chi connectivity index (χ4v) is 3.46. The molecule has 0 aromatic heterocycles. The first-order valence-corrected chi connectivity index (χ1v) is 6.86. The number of halogens is 1. The Hall–Kier alpha value is -0.730. The lowest BCUT2D eigenvalue weighted by Crippen LogP contribution is -2.50. The molecule has 1 spiro atoms. The molecule has 1 saturated carbocycles. The van der Waals surface area contributed by atoms with Gasteiger partial charge in [0.2, 0.25) is 0 Å². The van der Waals surface area contributed by atoms with Crippen LogP contribution in [0.1, 0.15) is 25.7 Å². The molecule has 2 aliphatic rings. The molecule has 0 amide bonds. The summed E-state index contributed by atoms with van der Waals surface area (Å²) in [5, 5.41) is 7.84. The van der Waals surface area contributed by atoms with Crippen molar-refractivity contribution in [3.05, 3.63) is 29.3 Å². The van der Waals surface area contributed by atoms with Crippen LogP contribution in [-0.2, 0) is 0 Å². The van der Waals surface area contributed by atoms with E-state index in [1.54, 1.807) is 0 Å². The van der Waals surface area contributed by atoms with Gasteiger partial charge in [-0.25, -0.2) is 0 Å². The zero-order valence-electron chi connectivity index (χ0n) is 10.0. The van der Waals surface area contributed by atoms with Crippen LogP contribution in [0.25, 0.3) is 0 Å². The molecule has 0 radical (unpaired) electrons. The summed E-state index contributed by atoms with van der Waals surface area (Å²) >= 11 is 5.98. The number of nitrogens with one attached hydrogen (secondary N) is 2. The molecular formula is C14H19ClN2. The average Bonchev–Trinajstić information content (AvgIpc) is 2.28. The van der Waals surface area contributed by atoms with Crippen LogP contribution >= 0.6 is 11.6 Å². The molecule has 1 aliphatic heterocycles. The van der Waals surface area contributed by atoms with Crippen molar-refractivity contribution in [2.45, 2.75) is 31.7 Å². The molecular weight excluding hydrogens is 232 g/mol. The van der Waals surface area contributed by atoms with Gasteiger partial charge in [-0.15, -0.1) is 0 Å². The van der Waals surface area contributed by atoms with Crippen LogP contribution in [0, 0.1) is 5.41 Å².